The average molecular weight is 367 g/mol. The van der Waals surface area contributed by atoms with E-state index in [1.165, 1.54) is 5.56 Å². The van der Waals surface area contributed by atoms with E-state index >= 15 is 0 Å². The maximum atomic E-state index is 12.0. The first-order valence-electron chi connectivity index (χ1n) is 7.56. The van der Waals surface area contributed by atoms with Gasteiger partial charge in [-0.2, -0.15) is 11.3 Å². The van der Waals surface area contributed by atoms with Gasteiger partial charge >= 0.3 is 0 Å². The summed E-state index contributed by atoms with van der Waals surface area (Å²) in [5, 5.41) is 10.2. The van der Waals surface area contributed by atoms with Crippen LogP contribution in [0, 0.1) is 0 Å². The van der Waals surface area contributed by atoms with Crippen molar-refractivity contribution in [1.82, 2.24) is 15.4 Å². The predicted molar refractivity (Wildman–Crippen MR) is 99.6 cm³/mol. The molecular formula is C16H22N4O2S2. The van der Waals surface area contributed by atoms with Crippen LogP contribution in [0.15, 0.2) is 52.2 Å². The van der Waals surface area contributed by atoms with Gasteiger partial charge in [0, 0.05) is 26.7 Å². The zero-order valence-corrected chi connectivity index (χ0v) is 15.2. The lowest BCUT2D eigenvalue weighted by Gasteiger charge is -2.12. The van der Waals surface area contributed by atoms with Gasteiger partial charge in [0.2, 0.25) is 10.0 Å². The van der Waals surface area contributed by atoms with Crippen molar-refractivity contribution in [3.05, 3.63) is 58.3 Å². The maximum Gasteiger partial charge on any atom is 0.213 e. The number of thiophene rings is 1. The van der Waals surface area contributed by atoms with Gasteiger partial charge in [0.15, 0.2) is 5.96 Å². The van der Waals surface area contributed by atoms with E-state index < -0.39 is 10.0 Å². The summed E-state index contributed by atoms with van der Waals surface area (Å²) in [7, 11) is -1.68. The SMILES string of the molecule is CN=C(NCCS(=O)(=O)NCc1ccccc1)NCc1ccsc1. The number of aliphatic imine (C=N–C) groups is 1. The quantitative estimate of drug-likeness (QED) is 0.489. The molecule has 2 aromatic rings. The molecule has 0 atom stereocenters. The van der Waals surface area contributed by atoms with E-state index in [2.05, 4.69) is 25.7 Å². The Morgan fingerprint density at radius 3 is 2.54 bits per heavy atom. The second kappa shape index (κ2) is 9.41. The monoisotopic (exact) mass is 366 g/mol. The third-order valence-electron chi connectivity index (χ3n) is 3.27. The Hall–Kier alpha value is -1.90. The fourth-order valence-corrected chi connectivity index (χ4v) is 3.54. The van der Waals surface area contributed by atoms with Crippen molar-refractivity contribution < 1.29 is 8.42 Å². The Bertz CT molecular complexity index is 729. The minimum Gasteiger partial charge on any atom is -0.355 e. The normalized spacial score (nSPS) is 12.1. The van der Waals surface area contributed by atoms with Crippen LogP contribution in [0.1, 0.15) is 11.1 Å². The van der Waals surface area contributed by atoms with Crippen LogP contribution in [-0.2, 0) is 23.1 Å². The summed E-state index contributed by atoms with van der Waals surface area (Å²) in [6, 6.07) is 11.5. The van der Waals surface area contributed by atoms with Crippen LogP contribution in [0.4, 0.5) is 0 Å². The summed E-state index contributed by atoms with van der Waals surface area (Å²) in [5.41, 5.74) is 2.10. The fraction of sp³-hybridized carbons (Fsp3) is 0.312. The number of benzene rings is 1. The first-order valence-corrected chi connectivity index (χ1v) is 10.2. The van der Waals surface area contributed by atoms with Crippen LogP contribution in [-0.4, -0.2) is 33.7 Å². The largest absolute Gasteiger partial charge is 0.355 e. The number of hydrogen-bond donors (Lipinski definition) is 3. The van der Waals surface area contributed by atoms with E-state index in [0.717, 1.165) is 5.56 Å². The van der Waals surface area contributed by atoms with Crippen LogP contribution in [0.5, 0.6) is 0 Å². The highest BCUT2D eigenvalue weighted by Crippen LogP contribution is 2.04. The van der Waals surface area contributed by atoms with Gasteiger partial charge in [-0.3, -0.25) is 4.99 Å². The highest BCUT2D eigenvalue weighted by molar-refractivity contribution is 7.89. The van der Waals surface area contributed by atoms with Gasteiger partial charge in [0.1, 0.15) is 0 Å². The third kappa shape index (κ3) is 6.69. The van der Waals surface area contributed by atoms with Gasteiger partial charge in [0.05, 0.1) is 5.75 Å². The van der Waals surface area contributed by atoms with Gasteiger partial charge < -0.3 is 10.6 Å². The van der Waals surface area contributed by atoms with Gasteiger partial charge in [0.25, 0.3) is 0 Å². The molecule has 6 nitrogen and oxygen atoms in total. The summed E-state index contributed by atoms with van der Waals surface area (Å²) < 4.78 is 26.6. The second-order valence-corrected chi connectivity index (χ2v) is 7.82. The van der Waals surface area contributed by atoms with E-state index in [9.17, 15) is 8.42 Å². The molecular weight excluding hydrogens is 344 g/mol. The Morgan fingerprint density at radius 1 is 1.08 bits per heavy atom. The fourth-order valence-electron chi connectivity index (χ4n) is 1.96. The molecule has 0 spiro atoms. The zero-order valence-electron chi connectivity index (χ0n) is 13.5. The lowest BCUT2D eigenvalue weighted by Crippen LogP contribution is -2.40. The van der Waals surface area contributed by atoms with Crippen molar-refractivity contribution >= 4 is 27.3 Å². The minimum atomic E-state index is -3.34. The molecule has 130 valence electrons. The van der Waals surface area contributed by atoms with Crippen LogP contribution in [0.2, 0.25) is 0 Å². The molecule has 0 aliphatic heterocycles. The van der Waals surface area contributed by atoms with Crippen LogP contribution < -0.4 is 15.4 Å². The lowest BCUT2D eigenvalue weighted by molar-refractivity contribution is 0.580. The molecule has 0 radical (unpaired) electrons. The van der Waals surface area contributed by atoms with E-state index in [-0.39, 0.29) is 12.3 Å². The topological polar surface area (TPSA) is 82.6 Å². The van der Waals surface area contributed by atoms with Crippen molar-refractivity contribution in [2.45, 2.75) is 13.1 Å². The van der Waals surface area contributed by atoms with E-state index in [1.807, 2.05) is 41.8 Å². The molecule has 3 N–H and O–H groups in total. The van der Waals surface area contributed by atoms with Crippen molar-refractivity contribution in [3.63, 3.8) is 0 Å². The molecule has 2 rings (SSSR count). The van der Waals surface area contributed by atoms with Gasteiger partial charge in [-0.15, -0.1) is 0 Å². The van der Waals surface area contributed by atoms with Gasteiger partial charge in [-0.05, 0) is 28.0 Å². The van der Waals surface area contributed by atoms with Crippen LogP contribution >= 0.6 is 11.3 Å². The number of nitrogens with zero attached hydrogens (tertiary/aromatic N) is 1. The average Bonchev–Trinajstić information content (AvgIpc) is 3.10. The van der Waals surface area contributed by atoms with Crippen LogP contribution in [0.25, 0.3) is 0 Å². The Labute approximate surface area is 147 Å². The number of rotatable bonds is 8. The van der Waals surface area contributed by atoms with E-state index in [4.69, 9.17) is 0 Å². The molecule has 0 aliphatic carbocycles. The first kappa shape index (κ1) is 18.4. The molecule has 0 unspecified atom stereocenters. The standard InChI is InChI=1S/C16H22N4O2S2/c1-17-16(19-11-15-7-9-23-13-15)18-8-10-24(21,22)20-12-14-5-3-2-4-6-14/h2-7,9,13,20H,8,10-12H2,1H3,(H2,17,18,19). The van der Waals surface area contributed by atoms with Crippen LogP contribution in [0.3, 0.4) is 0 Å². The number of guanidine groups is 1. The molecule has 0 bridgehead atoms. The summed E-state index contributed by atoms with van der Waals surface area (Å²) in [6.07, 6.45) is 0. The highest BCUT2D eigenvalue weighted by atomic mass is 32.2. The Kier molecular flexibility index (Phi) is 7.23. The number of nitrogens with one attached hydrogen (secondary N) is 3. The molecule has 24 heavy (non-hydrogen) atoms. The van der Waals surface area contributed by atoms with Gasteiger partial charge in [-0.25, -0.2) is 13.1 Å². The molecule has 0 saturated carbocycles. The summed E-state index contributed by atoms with van der Waals surface area (Å²) in [4.78, 5) is 4.08. The third-order valence-corrected chi connectivity index (χ3v) is 5.32. The van der Waals surface area contributed by atoms with Gasteiger partial charge in [-0.1, -0.05) is 30.3 Å². The molecule has 0 saturated heterocycles. The number of sulfonamides is 1. The van der Waals surface area contributed by atoms with Crippen molar-refractivity contribution in [1.29, 1.82) is 0 Å². The highest BCUT2D eigenvalue weighted by Gasteiger charge is 2.10. The number of hydrogen-bond acceptors (Lipinski definition) is 4. The molecule has 1 aromatic carbocycles. The Morgan fingerprint density at radius 2 is 1.88 bits per heavy atom. The Balaban J connectivity index is 1.70. The summed E-state index contributed by atoms with van der Waals surface area (Å²) in [6.45, 7) is 1.24. The van der Waals surface area contributed by atoms with Crippen molar-refractivity contribution in [2.24, 2.45) is 4.99 Å². The minimum absolute atomic E-state index is 0.0149. The lowest BCUT2D eigenvalue weighted by atomic mass is 10.2. The second-order valence-electron chi connectivity index (χ2n) is 5.11. The summed E-state index contributed by atoms with van der Waals surface area (Å²) >= 11 is 1.64. The maximum absolute atomic E-state index is 12.0. The zero-order chi connectivity index (χ0) is 17.3. The molecule has 1 heterocycles. The van der Waals surface area contributed by atoms with E-state index in [1.54, 1.807) is 18.4 Å². The molecule has 1 aromatic heterocycles. The summed E-state index contributed by atoms with van der Waals surface area (Å²) in [5.74, 6) is 0.568. The van der Waals surface area contributed by atoms with E-state index in [0.29, 0.717) is 19.0 Å². The van der Waals surface area contributed by atoms with Crippen molar-refractivity contribution in [3.8, 4) is 0 Å². The molecule has 0 fully saturated rings. The smallest absolute Gasteiger partial charge is 0.213 e. The molecule has 0 aliphatic rings. The molecule has 8 heteroatoms. The molecule has 0 amide bonds. The van der Waals surface area contributed by atoms with Crippen molar-refractivity contribution in [2.75, 3.05) is 19.3 Å². The first-order chi connectivity index (χ1) is 11.6. The predicted octanol–water partition coefficient (Wildman–Crippen LogP) is 1.53.